The molecule has 2 aromatic rings. The summed E-state index contributed by atoms with van der Waals surface area (Å²) in [6, 6.07) is 5.62. The lowest BCUT2D eigenvalue weighted by Gasteiger charge is -2.23. The summed E-state index contributed by atoms with van der Waals surface area (Å²) < 4.78 is 39.8. The fraction of sp³-hybridized carbons (Fsp3) is 0.200. The van der Waals surface area contributed by atoms with E-state index in [2.05, 4.69) is 10.3 Å². The molecule has 0 unspecified atom stereocenters. The van der Waals surface area contributed by atoms with Gasteiger partial charge in [0.05, 0.1) is 11.3 Å². The van der Waals surface area contributed by atoms with Gasteiger partial charge in [-0.3, -0.25) is 9.78 Å². The molecule has 0 aliphatic carbocycles. The van der Waals surface area contributed by atoms with Crippen molar-refractivity contribution in [3.05, 3.63) is 47.8 Å². The number of carbonyl (C=O) groups excluding carboxylic acids is 1. The molecule has 0 saturated heterocycles. The van der Waals surface area contributed by atoms with Crippen LogP contribution in [-0.4, -0.2) is 10.9 Å². The van der Waals surface area contributed by atoms with Gasteiger partial charge in [-0.1, -0.05) is 12.1 Å². The Kier molecular flexibility index (Phi) is 3.16. The number of halogens is 3. The van der Waals surface area contributed by atoms with E-state index < -0.39 is 11.7 Å². The Morgan fingerprint density at radius 3 is 2.62 bits per heavy atom. The molecule has 1 N–H and O–H groups in total. The molecular formula is C15H11F3N2O. The molecule has 0 bridgehead atoms. The standard InChI is InChI=1S/C15H11F3N2O/c16-15(17,18)11-5-3-9-4-6-12(21)20-14(9)13(11)10-2-1-7-19-8-10/h1-3,5,7-8H,4,6H2,(H,20,21). The van der Waals surface area contributed by atoms with Gasteiger partial charge in [-0.05, 0) is 24.1 Å². The van der Waals surface area contributed by atoms with Gasteiger partial charge in [0, 0.05) is 29.9 Å². The Labute approximate surface area is 118 Å². The molecule has 0 saturated carbocycles. The summed E-state index contributed by atoms with van der Waals surface area (Å²) in [7, 11) is 0. The lowest BCUT2D eigenvalue weighted by molar-refractivity contribution is -0.137. The molecule has 0 atom stereocenters. The smallest absolute Gasteiger partial charge is 0.325 e. The van der Waals surface area contributed by atoms with E-state index in [4.69, 9.17) is 0 Å². The molecule has 21 heavy (non-hydrogen) atoms. The van der Waals surface area contributed by atoms with Gasteiger partial charge in [0.25, 0.3) is 0 Å². The number of alkyl halides is 3. The van der Waals surface area contributed by atoms with E-state index in [1.807, 2.05) is 0 Å². The van der Waals surface area contributed by atoms with Crippen molar-refractivity contribution in [1.29, 1.82) is 0 Å². The highest BCUT2D eigenvalue weighted by molar-refractivity contribution is 5.99. The highest BCUT2D eigenvalue weighted by Crippen LogP contribution is 2.43. The fourth-order valence-electron chi connectivity index (χ4n) is 2.49. The third-order valence-corrected chi connectivity index (χ3v) is 3.43. The van der Waals surface area contributed by atoms with Crippen molar-refractivity contribution in [1.82, 2.24) is 4.98 Å². The van der Waals surface area contributed by atoms with Crippen LogP contribution < -0.4 is 5.32 Å². The summed E-state index contributed by atoms with van der Waals surface area (Å²) in [5.74, 6) is -0.271. The van der Waals surface area contributed by atoms with Crippen molar-refractivity contribution in [2.24, 2.45) is 0 Å². The second-order valence-corrected chi connectivity index (χ2v) is 4.81. The van der Waals surface area contributed by atoms with E-state index in [1.165, 1.54) is 18.5 Å². The van der Waals surface area contributed by atoms with E-state index >= 15 is 0 Å². The minimum absolute atomic E-state index is 0.0128. The predicted octanol–water partition coefficient (Wildman–Crippen LogP) is 3.65. The minimum Gasteiger partial charge on any atom is -0.325 e. The lowest BCUT2D eigenvalue weighted by atomic mass is 9.91. The number of nitrogens with one attached hydrogen (secondary N) is 1. The van der Waals surface area contributed by atoms with Crippen LogP contribution in [0.4, 0.5) is 18.9 Å². The van der Waals surface area contributed by atoms with Crippen LogP contribution in [-0.2, 0) is 17.4 Å². The first-order valence-corrected chi connectivity index (χ1v) is 6.40. The van der Waals surface area contributed by atoms with Gasteiger partial charge in [-0.15, -0.1) is 0 Å². The number of nitrogens with zero attached hydrogens (tertiary/aromatic N) is 1. The van der Waals surface area contributed by atoms with Gasteiger partial charge in [0.2, 0.25) is 5.91 Å². The molecule has 1 amide bonds. The number of benzene rings is 1. The Balaban J connectivity index is 2.29. The molecule has 1 aromatic heterocycles. The van der Waals surface area contributed by atoms with Crippen LogP contribution in [0, 0.1) is 0 Å². The van der Waals surface area contributed by atoms with Crippen LogP contribution in [0.25, 0.3) is 11.1 Å². The third kappa shape index (κ3) is 2.49. The van der Waals surface area contributed by atoms with Crippen molar-refractivity contribution in [3.63, 3.8) is 0 Å². The molecule has 1 aliphatic heterocycles. The second kappa shape index (κ2) is 4.87. The van der Waals surface area contributed by atoms with E-state index in [9.17, 15) is 18.0 Å². The Morgan fingerprint density at radius 1 is 1.14 bits per heavy atom. The van der Waals surface area contributed by atoms with Crippen molar-refractivity contribution >= 4 is 11.6 Å². The summed E-state index contributed by atoms with van der Waals surface area (Å²) in [5.41, 5.74) is 0.511. The van der Waals surface area contributed by atoms with Gasteiger partial charge in [-0.25, -0.2) is 0 Å². The Hall–Kier alpha value is -2.37. The zero-order valence-electron chi connectivity index (χ0n) is 10.9. The van der Waals surface area contributed by atoms with Crippen molar-refractivity contribution in [3.8, 4) is 11.1 Å². The van der Waals surface area contributed by atoms with E-state index in [-0.39, 0.29) is 23.6 Å². The highest BCUT2D eigenvalue weighted by atomic mass is 19.4. The number of carbonyl (C=O) groups is 1. The summed E-state index contributed by atoms with van der Waals surface area (Å²) in [4.78, 5) is 15.4. The lowest BCUT2D eigenvalue weighted by Crippen LogP contribution is -2.21. The van der Waals surface area contributed by atoms with Gasteiger partial charge in [0.15, 0.2) is 0 Å². The molecule has 3 nitrogen and oxygen atoms in total. The number of amides is 1. The zero-order valence-corrected chi connectivity index (χ0v) is 10.9. The van der Waals surface area contributed by atoms with Crippen LogP contribution in [0.2, 0.25) is 0 Å². The zero-order chi connectivity index (χ0) is 15.0. The molecule has 6 heteroatoms. The second-order valence-electron chi connectivity index (χ2n) is 4.81. The van der Waals surface area contributed by atoms with Crippen LogP contribution in [0.15, 0.2) is 36.7 Å². The number of aryl methyl sites for hydroxylation is 1. The number of hydrogen-bond acceptors (Lipinski definition) is 2. The number of fused-ring (bicyclic) bond motifs is 1. The van der Waals surface area contributed by atoms with Gasteiger partial charge < -0.3 is 5.32 Å². The maximum absolute atomic E-state index is 13.3. The van der Waals surface area contributed by atoms with Crippen molar-refractivity contribution in [2.45, 2.75) is 19.0 Å². The van der Waals surface area contributed by atoms with Crippen molar-refractivity contribution < 1.29 is 18.0 Å². The van der Waals surface area contributed by atoms with Gasteiger partial charge in [0.1, 0.15) is 0 Å². The van der Waals surface area contributed by atoms with Gasteiger partial charge in [-0.2, -0.15) is 13.2 Å². The molecule has 0 spiro atoms. The molecule has 1 aromatic carbocycles. The van der Waals surface area contributed by atoms with E-state index in [1.54, 1.807) is 12.1 Å². The number of hydrogen-bond donors (Lipinski definition) is 1. The monoisotopic (exact) mass is 292 g/mol. The van der Waals surface area contributed by atoms with Crippen LogP contribution in [0.3, 0.4) is 0 Å². The largest absolute Gasteiger partial charge is 0.417 e. The van der Waals surface area contributed by atoms with Gasteiger partial charge >= 0.3 is 6.18 Å². The molecule has 108 valence electrons. The summed E-state index contributed by atoms with van der Waals surface area (Å²) >= 11 is 0. The Bertz CT molecular complexity index is 696. The molecule has 0 radical (unpaired) electrons. The predicted molar refractivity (Wildman–Crippen MR) is 71.6 cm³/mol. The molecule has 2 heterocycles. The fourth-order valence-corrected chi connectivity index (χ4v) is 2.49. The summed E-state index contributed by atoms with van der Waals surface area (Å²) in [6.07, 6.45) is -0.920. The maximum atomic E-state index is 13.3. The topological polar surface area (TPSA) is 42.0 Å². The first kappa shape index (κ1) is 13.6. The number of anilines is 1. The van der Waals surface area contributed by atoms with E-state index in [0.717, 1.165) is 6.07 Å². The SMILES string of the molecule is O=C1CCc2ccc(C(F)(F)F)c(-c3cccnc3)c2N1. The average Bonchev–Trinajstić information content (AvgIpc) is 2.46. The number of rotatable bonds is 1. The first-order valence-electron chi connectivity index (χ1n) is 6.40. The minimum atomic E-state index is -4.50. The highest BCUT2D eigenvalue weighted by Gasteiger charge is 2.36. The van der Waals surface area contributed by atoms with Crippen LogP contribution >= 0.6 is 0 Å². The van der Waals surface area contributed by atoms with Crippen LogP contribution in [0.5, 0.6) is 0 Å². The molecule has 1 aliphatic rings. The summed E-state index contributed by atoms with van der Waals surface area (Å²) in [5, 5.41) is 2.57. The number of pyridine rings is 1. The average molecular weight is 292 g/mol. The molecular weight excluding hydrogens is 281 g/mol. The van der Waals surface area contributed by atoms with Crippen LogP contribution in [0.1, 0.15) is 17.5 Å². The maximum Gasteiger partial charge on any atom is 0.417 e. The quantitative estimate of drug-likeness (QED) is 0.871. The normalized spacial score (nSPS) is 14.5. The summed E-state index contributed by atoms with van der Waals surface area (Å²) in [6.45, 7) is 0. The Morgan fingerprint density at radius 2 is 1.95 bits per heavy atom. The van der Waals surface area contributed by atoms with Crippen molar-refractivity contribution in [2.75, 3.05) is 5.32 Å². The van der Waals surface area contributed by atoms with E-state index in [0.29, 0.717) is 17.5 Å². The first-order chi connectivity index (χ1) is 9.97. The third-order valence-electron chi connectivity index (χ3n) is 3.43. The molecule has 3 rings (SSSR count). The number of aromatic nitrogens is 1. The molecule has 0 fully saturated rings.